The van der Waals surface area contributed by atoms with Crippen LogP contribution in [0.1, 0.15) is 28.1 Å². The van der Waals surface area contributed by atoms with E-state index in [1.165, 1.54) is 6.08 Å². The number of thiophene rings is 1. The maximum atomic E-state index is 12.7. The van der Waals surface area contributed by atoms with E-state index in [9.17, 15) is 9.59 Å². The Bertz CT molecular complexity index is 825. The second-order valence-electron chi connectivity index (χ2n) is 5.84. The molecule has 5 nitrogen and oxygen atoms in total. The van der Waals surface area contributed by atoms with E-state index in [1.54, 1.807) is 29.5 Å². The second kappa shape index (κ2) is 8.73. The van der Waals surface area contributed by atoms with Gasteiger partial charge in [0.1, 0.15) is 0 Å². The van der Waals surface area contributed by atoms with E-state index in [-0.39, 0.29) is 16.9 Å². The van der Waals surface area contributed by atoms with Crippen molar-refractivity contribution in [2.75, 3.05) is 18.4 Å². The molecule has 0 spiro atoms. The summed E-state index contributed by atoms with van der Waals surface area (Å²) in [5.41, 5.74) is 1.15. The summed E-state index contributed by atoms with van der Waals surface area (Å²) in [4.78, 5) is 27.4. The Balaban J connectivity index is 1.62. The molecule has 0 saturated carbocycles. The van der Waals surface area contributed by atoms with E-state index in [1.807, 2.05) is 34.5 Å². The Kier molecular flexibility index (Phi) is 6.14. The lowest BCUT2D eigenvalue weighted by molar-refractivity contribution is -0.115. The largest absolute Gasteiger partial charge is 0.339 e. The first kappa shape index (κ1) is 18.3. The monoisotopic (exact) mass is 385 g/mol. The van der Waals surface area contributed by atoms with Crippen LogP contribution in [0, 0.1) is 0 Å². The molecule has 2 heterocycles. The maximum Gasteiger partial charge on any atom is 0.255 e. The number of nitrogens with one attached hydrogen (secondary N) is 2. The average molecular weight is 386 g/mol. The zero-order chi connectivity index (χ0) is 18.4. The molecule has 2 amide bonds. The van der Waals surface area contributed by atoms with Crippen molar-refractivity contribution in [2.24, 2.45) is 0 Å². The summed E-state index contributed by atoms with van der Waals surface area (Å²) in [6.07, 6.45) is 5.23. The van der Waals surface area contributed by atoms with Gasteiger partial charge in [0.15, 0.2) is 5.11 Å². The van der Waals surface area contributed by atoms with Gasteiger partial charge in [0, 0.05) is 24.0 Å². The summed E-state index contributed by atoms with van der Waals surface area (Å²) in [6, 6.07) is 11.0. The molecule has 7 heteroatoms. The molecule has 26 heavy (non-hydrogen) atoms. The van der Waals surface area contributed by atoms with Gasteiger partial charge >= 0.3 is 0 Å². The van der Waals surface area contributed by atoms with Crippen LogP contribution in [0.3, 0.4) is 0 Å². The number of amides is 2. The Hall–Kier alpha value is -2.51. The SMILES string of the molecule is O=C(C=Cc1cccs1)NC(=S)Nc1ccccc1C(=O)N1CCCC1. The molecule has 134 valence electrons. The third-order valence-electron chi connectivity index (χ3n) is 3.98. The van der Waals surface area contributed by atoms with Gasteiger partial charge in [-0.25, -0.2) is 0 Å². The van der Waals surface area contributed by atoms with Gasteiger partial charge in [0.2, 0.25) is 5.91 Å². The van der Waals surface area contributed by atoms with Gasteiger partial charge < -0.3 is 10.2 Å². The van der Waals surface area contributed by atoms with E-state index < -0.39 is 0 Å². The first-order valence-electron chi connectivity index (χ1n) is 8.35. The number of hydrogen-bond acceptors (Lipinski definition) is 4. The number of anilines is 1. The van der Waals surface area contributed by atoms with Crippen molar-refractivity contribution in [2.45, 2.75) is 12.8 Å². The van der Waals surface area contributed by atoms with E-state index in [4.69, 9.17) is 12.2 Å². The lowest BCUT2D eigenvalue weighted by Gasteiger charge is -2.18. The second-order valence-corrected chi connectivity index (χ2v) is 7.22. The molecule has 1 aliphatic rings. The third-order valence-corrected chi connectivity index (χ3v) is 5.02. The number of carbonyl (C=O) groups excluding carboxylic acids is 2. The zero-order valence-corrected chi connectivity index (χ0v) is 15.7. The highest BCUT2D eigenvalue weighted by atomic mass is 32.1. The molecular formula is C19H19N3O2S2. The number of hydrogen-bond donors (Lipinski definition) is 2. The first-order chi connectivity index (χ1) is 12.6. The molecule has 0 radical (unpaired) electrons. The lowest BCUT2D eigenvalue weighted by Crippen LogP contribution is -2.34. The predicted octanol–water partition coefficient (Wildman–Crippen LogP) is 3.51. The van der Waals surface area contributed by atoms with Crippen LogP contribution in [-0.4, -0.2) is 34.9 Å². The normalized spacial score (nSPS) is 13.8. The Morgan fingerprint density at radius 2 is 1.88 bits per heavy atom. The van der Waals surface area contributed by atoms with Crippen LogP contribution < -0.4 is 10.6 Å². The molecule has 0 unspecified atom stereocenters. The van der Waals surface area contributed by atoms with Gasteiger partial charge in [0.25, 0.3) is 5.91 Å². The molecule has 1 fully saturated rings. The fourth-order valence-corrected chi connectivity index (χ4v) is 3.55. The number of rotatable bonds is 4. The van der Waals surface area contributed by atoms with Crippen molar-refractivity contribution in [1.29, 1.82) is 0 Å². The Labute approximate surface area is 161 Å². The van der Waals surface area contributed by atoms with Crippen LogP contribution in [0.25, 0.3) is 6.08 Å². The molecule has 1 saturated heterocycles. The maximum absolute atomic E-state index is 12.7. The number of thiocarbonyl (C=S) groups is 1. The lowest BCUT2D eigenvalue weighted by atomic mass is 10.1. The topological polar surface area (TPSA) is 61.4 Å². The molecular weight excluding hydrogens is 366 g/mol. The quantitative estimate of drug-likeness (QED) is 0.625. The van der Waals surface area contributed by atoms with E-state index in [0.717, 1.165) is 30.8 Å². The predicted molar refractivity (Wildman–Crippen MR) is 109 cm³/mol. The van der Waals surface area contributed by atoms with Crippen LogP contribution >= 0.6 is 23.6 Å². The molecule has 0 aliphatic carbocycles. The van der Waals surface area contributed by atoms with Crippen LogP contribution in [0.4, 0.5) is 5.69 Å². The van der Waals surface area contributed by atoms with E-state index >= 15 is 0 Å². The van der Waals surface area contributed by atoms with Gasteiger partial charge in [0.05, 0.1) is 11.3 Å². The Morgan fingerprint density at radius 3 is 2.62 bits per heavy atom. The molecule has 2 aromatic rings. The van der Waals surface area contributed by atoms with Gasteiger partial charge in [-0.3, -0.25) is 14.9 Å². The van der Waals surface area contributed by atoms with Crippen molar-refractivity contribution >= 4 is 52.2 Å². The minimum absolute atomic E-state index is 0.0164. The summed E-state index contributed by atoms with van der Waals surface area (Å²) in [5.74, 6) is -0.337. The fourth-order valence-electron chi connectivity index (χ4n) is 2.72. The van der Waals surface area contributed by atoms with E-state index in [0.29, 0.717) is 11.3 Å². The van der Waals surface area contributed by atoms with E-state index in [2.05, 4.69) is 10.6 Å². The minimum Gasteiger partial charge on any atom is -0.339 e. The number of benzene rings is 1. The number of nitrogens with zero attached hydrogens (tertiary/aromatic N) is 1. The highest BCUT2D eigenvalue weighted by Gasteiger charge is 2.21. The summed E-state index contributed by atoms with van der Waals surface area (Å²) in [6.45, 7) is 1.56. The van der Waals surface area contributed by atoms with Crippen LogP contribution in [0.15, 0.2) is 47.9 Å². The van der Waals surface area contributed by atoms with Crippen LogP contribution in [0.2, 0.25) is 0 Å². The molecule has 0 bridgehead atoms. The smallest absolute Gasteiger partial charge is 0.255 e. The molecule has 1 aromatic heterocycles. The van der Waals surface area contributed by atoms with Crippen molar-refractivity contribution in [3.63, 3.8) is 0 Å². The zero-order valence-electron chi connectivity index (χ0n) is 14.1. The highest BCUT2D eigenvalue weighted by Crippen LogP contribution is 2.20. The number of carbonyl (C=O) groups is 2. The van der Waals surface area contributed by atoms with Crippen molar-refractivity contribution in [3.05, 3.63) is 58.3 Å². The van der Waals surface area contributed by atoms with Crippen molar-refractivity contribution in [3.8, 4) is 0 Å². The van der Waals surface area contributed by atoms with Crippen LogP contribution in [0.5, 0.6) is 0 Å². The Morgan fingerprint density at radius 1 is 1.12 bits per heavy atom. The van der Waals surface area contributed by atoms with Gasteiger partial charge in [-0.15, -0.1) is 11.3 Å². The fraction of sp³-hybridized carbons (Fsp3) is 0.211. The molecule has 0 atom stereocenters. The van der Waals surface area contributed by atoms with Gasteiger partial charge in [-0.1, -0.05) is 18.2 Å². The third kappa shape index (κ3) is 4.77. The highest BCUT2D eigenvalue weighted by molar-refractivity contribution is 7.80. The average Bonchev–Trinajstić information content (AvgIpc) is 3.33. The summed E-state index contributed by atoms with van der Waals surface area (Å²) in [7, 11) is 0. The molecule has 1 aliphatic heterocycles. The summed E-state index contributed by atoms with van der Waals surface area (Å²) < 4.78 is 0. The molecule has 1 aromatic carbocycles. The van der Waals surface area contributed by atoms with Gasteiger partial charge in [-0.2, -0.15) is 0 Å². The van der Waals surface area contributed by atoms with Crippen LogP contribution in [-0.2, 0) is 4.79 Å². The minimum atomic E-state index is -0.320. The number of likely N-dealkylation sites (tertiary alicyclic amines) is 1. The number of para-hydroxylation sites is 1. The standard InChI is InChI=1S/C19H19N3O2S2/c23-17(10-9-14-6-5-13-26-14)21-19(25)20-16-8-2-1-7-15(16)18(24)22-11-3-4-12-22/h1-2,5-10,13H,3-4,11-12H2,(H2,20,21,23,25). The summed E-state index contributed by atoms with van der Waals surface area (Å²) >= 11 is 6.75. The van der Waals surface area contributed by atoms with Gasteiger partial charge in [-0.05, 0) is 54.7 Å². The molecule has 3 rings (SSSR count). The van der Waals surface area contributed by atoms with Crippen molar-refractivity contribution < 1.29 is 9.59 Å². The molecule has 2 N–H and O–H groups in total. The first-order valence-corrected chi connectivity index (χ1v) is 9.64. The summed E-state index contributed by atoms with van der Waals surface area (Å²) in [5, 5.41) is 7.66. The van der Waals surface area contributed by atoms with Crippen molar-refractivity contribution in [1.82, 2.24) is 10.2 Å².